The van der Waals surface area contributed by atoms with Gasteiger partial charge in [0.15, 0.2) is 11.8 Å². The summed E-state index contributed by atoms with van der Waals surface area (Å²) < 4.78 is 0. The van der Waals surface area contributed by atoms with Crippen LogP contribution in [0.1, 0.15) is 55.4 Å². The van der Waals surface area contributed by atoms with Gasteiger partial charge in [-0.15, -0.1) is 0 Å². The fraction of sp³-hybridized carbons (Fsp3) is 0.818. The smallest absolute Gasteiger partial charge is 0.155 e. The summed E-state index contributed by atoms with van der Waals surface area (Å²) in [6.07, 6.45) is 0. The summed E-state index contributed by atoms with van der Waals surface area (Å²) >= 11 is 0. The number of nitrogens with zero attached hydrogens (tertiary/aromatic N) is 4. The van der Waals surface area contributed by atoms with Crippen LogP contribution in [0, 0.1) is 47.3 Å². The Kier molecular flexibility index (Phi) is 71.4. The van der Waals surface area contributed by atoms with Gasteiger partial charge < -0.3 is 47.3 Å². The summed E-state index contributed by atoms with van der Waals surface area (Å²) in [5.41, 5.74) is 3.89. The Labute approximate surface area is 236 Å². The Morgan fingerprint density at radius 1 is 0.438 bits per heavy atom. The summed E-state index contributed by atoms with van der Waals surface area (Å²) in [5, 5.41) is 25.0. The van der Waals surface area contributed by atoms with Crippen molar-refractivity contribution in [3.8, 4) is 0 Å². The number of hydrogen-bond donors (Lipinski definition) is 0. The van der Waals surface area contributed by atoms with Gasteiger partial charge >= 0.3 is 0 Å². The quantitative estimate of drug-likeness (QED) is 0.189. The van der Waals surface area contributed by atoms with Crippen molar-refractivity contribution in [2.75, 3.05) is 38.5 Å². The van der Waals surface area contributed by atoms with Gasteiger partial charge in [-0.3, -0.25) is 0 Å². The van der Waals surface area contributed by atoms with E-state index in [1.165, 1.54) is 0 Å². The van der Waals surface area contributed by atoms with Gasteiger partial charge in [-0.1, -0.05) is 0 Å². The molecule has 0 saturated carbocycles. The summed E-state index contributed by atoms with van der Waals surface area (Å²) in [4.78, 5) is 0. The molecule has 4 nitrogen and oxygen atoms in total. The average Bonchev–Trinajstić information content (AvgIpc) is 2.70. The topological polar surface area (TPSA) is 95.2 Å². The molecule has 0 spiro atoms. The monoisotopic (exact) mass is 882 g/mol. The van der Waals surface area contributed by atoms with Gasteiger partial charge in [-0.05, 0) is 55.4 Å². The molecule has 0 aromatic rings. The molecule has 0 unspecified atom stereocenters. The summed E-state index contributed by atoms with van der Waals surface area (Å²) in [6, 6.07) is 0. The molecule has 0 atom stereocenters. The minimum Gasteiger partial charge on any atom is -0.512 e. The van der Waals surface area contributed by atoms with Crippen LogP contribution in [-0.4, -0.2) is 61.1 Å². The molecule has 0 amide bonds. The predicted molar refractivity (Wildman–Crippen MR) is 147 cm³/mol. The van der Waals surface area contributed by atoms with E-state index in [0.717, 1.165) is 22.6 Å². The van der Waals surface area contributed by atoms with E-state index in [1.54, 1.807) is 11.8 Å². The van der Waals surface area contributed by atoms with E-state index in [-0.39, 0.29) is 73.8 Å². The third kappa shape index (κ3) is 44.7. The van der Waals surface area contributed by atoms with Crippen molar-refractivity contribution in [1.82, 2.24) is 0 Å². The minimum atomic E-state index is -0.0329. The predicted octanol–water partition coefficient (Wildman–Crippen LogP) is 7.28. The molecule has 0 aliphatic heterocycles. The molecule has 0 aliphatic rings. The minimum absolute atomic E-state index is 0. The van der Waals surface area contributed by atoms with E-state index in [2.05, 4.69) is 82.0 Å². The molecule has 32 heavy (non-hydrogen) atoms. The van der Waals surface area contributed by atoms with Crippen LogP contribution in [0.5, 0.6) is 0 Å². The van der Waals surface area contributed by atoms with Gasteiger partial charge in [-0.2, -0.15) is 0 Å². The fourth-order valence-electron chi connectivity index (χ4n) is 2.97. The van der Waals surface area contributed by atoms with Crippen LogP contribution in [0.15, 0.2) is 0 Å². The molecular weight excluding hydrogens is 834 g/mol. The first-order valence-electron chi connectivity index (χ1n) is 10.1. The van der Waals surface area contributed by atoms with Crippen LogP contribution in [0.4, 0.5) is 0 Å². The maximum atomic E-state index is 6.25. The first-order chi connectivity index (χ1) is 13.9. The molecule has 0 aliphatic carbocycles. The molecule has 0 aromatic heterocycles. The van der Waals surface area contributed by atoms with Crippen LogP contribution in [0.25, 0.3) is 0 Å². The van der Waals surface area contributed by atoms with Crippen LogP contribution in [-0.2, 0) is 42.1 Å². The van der Waals surface area contributed by atoms with Crippen molar-refractivity contribution in [3.63, 3.8) is 0 Å². The third-order valence-electron chi connectivity index (χ3n) is 4.08. The van der Waals surface area contributed by atoms with E-state index in [1.807, 2.05) is 0 Å². The van der Waals surface area contributed by atoms with Crippen LogP contribution in [0.3, 0.4) is 0 Å². The SMILES string of the molecule is CC(C)[PH+](C[PH+](C)C)C(C)C.CC(C)[PH+](C[PH+](C)C)C(C)C.[C-]#N.[C-]#N.[C-]#N.[C-]#N.[Pt].[Pt]. The largest absolute Gasteiger partial charge is 0.512 e. The van der Waals surface area contributed by atoms with Crippen molar-refractivity contribution in [1.29, 1.82) is 21.0 Å². The van der Waals surface area contributed by atoms with Gasteiger partial charge in [0, 0.05) is 100 Å². The third-order valence-corrected chi connectivity index (χ3v) is 18.9. The second-order valence-electron chi connectivity index (χ2n) is 8.54. The zero-order valence-corrected chi connectivity index (χ0v) is 30.7. The van der Waals surface area contributed by atoms with Crippen molar-refractivity contribution in [2.45, 2.75) is 78.0 Å². The standard InChI is InChI=1S/2C9H22P2.4CN.2Pt/c2*1-8(2)11(9(3)4)7-10(5)6;4*1-2;;/h2*8-9H,7H2,1-6H3;;;;;;/q;;4*-1;;/p+4. The van der Waals surface area contributed by atoms with Crippen LogP contribution in [0.2, 0.25) is 0 Å². The molecule has 0 radical (unpaired) electrons. The van der Waals surface area contributed by atoms with Gasteiger partial charge in [0.25, 0.3) is 0 Å². The van der Waals surface area contributed by atoms with Crippen LogP contribution >= 0.6 is 31.7 Å². The zero-order chi connectivity index (χ0) is 26.0. The van der Waals surface area contributed by atoms with Crippen LogP contribution < -0.4 is 0 Å². The average molecular weight is 883 g/mol. The summed E-state index contributed by atoms with van der Waals surface area (Å²) in [7, 11) is -0.0207. The van der Waals surface area contributed by atoms with Crippen molar-refractivity contribution in [2.24, 2.45) is 0 Å². The first-order valence-corrected chi connectivity index (χ1v) is 19.2. The van der Waals surface area contributed by atoms with Gasteiger partial charge in [0.05, 0.1) is 22.6 Å². The molecular formula is C22H48N4P4Pt2. The molecule has 0 N–H and O–H groups in total. The molecule has 196 valence electrons. The fourth-order valence-corrected chi connectivity index (χ4v) is 18.7. The van der Waals surface area contributed by atoms with Gasteiger partial charge in [0.2, 0.25) is 0 Å². The maximum Gasteiger partial charge on any atom is 0.155 e. The Hall–Kier alpha value is 1.06. The molecule has 10 heteroatoms. The first kappa shape index (κ1) is 54.1. The number of hydrogen-bond acceptors (Lipinski definition) is 4. The van der Waals surface area contributed by atoms with Gasteiger partial charge in [0.1, 0.15) is 0 Å². The molecule has 0 saturated heterocycles. The maximum absolute atomic E-state index is 6.25. The summed E-state index contributed by atoms with van der Waals surface area (Å²) in [6.45, 7) is 48.0. The second-order valence-corrected chi connectivity index (χ2v) is 23.1. The van der Waals surface area contributed by atoms with Crippen molar-refractivity contribution in [3.05, 3.63) is 26.3 Å². The second kappa shape index (κ2) is 42.2. The number of rotatable bonds is 8. The Morgan fingerprint density at radius 2 is 0.562 bits per heavy atom. The molecule has 0 aromatic carbocycles. The Balaban J connectivity index is -0.0000000434. The van der Waals surface area contributed by atoms with E-state index in [4.69, 9.17) is 47.3 Å². The zero-order valence-electron chi connectivity index (χ0n) is 22.1. The normalized spacial score (nSPS) is 8.88. The molecule has 0 bridgehead atoms. The Morgan fingerprint density at radius 3 is 0.594 bits per heavy atom. The van der Waals surface area contributed by atoms with Gasteiger partial charge in [-0.25, -0.2) is 0 Å². The Bertz CT molecular complexity index is 346. The van der Waals surface area contributed by atoms with E-state index >= 15 is 0 Å². The molecule has 0 heterocycles. The van der Waals surface area contributed by atoms with E-state index in [0.29, 0.717) is 0 Å². The van der Waals surface area contributed by atoms with E-state index in [9.17, 15) is 0 Å². The summed E-state index contributed by atoms with van der Waals surface area (Å²) in [5.74, 6) is 3.18. The van der Waals surface area contributed by atoms with Crippen molar-refractivity contribution >= 4 is 31.7 Å². The molecule has 0 rings (SSSR count). The molecule has 0 fully saturated rings. The van der Waals surface area contributed by atoms with E-state index < -0.39 is 0 Å². The van der Waals surface area contributed by atoms with Crippen molar-refractivity contribution < 1.29 is 42.1 Å².